The third-order valence-corrected chi connectivity index (χ3v) is 3.97. The van der Waals surface area contributed by atoms with Gasteiger partial charge in [-0.25, -0.2) is 4.98 Å². The zero-order valence-electron chi connectivity index (χ0n) is 11.6. The number of nitrogens with zero attached hydrogens (tertiary/aromatic N) is 2. The van der Waals surface area contributed by atoms with Gasteiger partial charge in [-0.15, -0.1) is 0 Å². The summed E-state index contributed by atoms with van der Waals surface area (Å²) >= 11 is 0. The highest BCUT2D eigenvalue weighted by molar-refractivity contribution is 5.74. The van der Waals surface area contributed by atoms with E-state index in [0.717, 1.165) is 31.2 Å². The number of anilines is 1. The Morgan fingerprint density at radius 1 is 1.29 bits per heavy atom. The van der Waals surface area contributed by atoms with Gasteiger partial charge in [-0.3, -0.25) is 0 Å². The van der Waals surface area contributed by atoms with Crippen LogP contribution in [0.15, 0.2) is 24.3 Å². The van der Waals surface area contributed by atoms with Crippen LogP contribution in [-0.4, -0.2) is 9.55 Å². The number of benzene rings is 1. The summed E-state index contributed by atoms with van der Waals surface area (Å²) in [6.07, 6.45) is -1.71. The second kappa shape index (κ2) is 4.79. The number of aromatic nitrogens is 2. The smallest absolute Gasteiger partial charge is 0.383 e. The number of nitrogen functional groups attached to an aromatic ring is 1. The van der Waals surface area contributed by atoms with Crippen molar-refractivity contribution in [1.82, 2.24) is 9.55 Å². The Balaban J connectivity index is 2.19. The average molecular weight is 295 g/mol. The monoisotopic (exact) mass is 295 g/mol. The molecule has 112 valence electrons. The summed E-state index contributed by atoms with van der Waals surface area (Å²) < 4.78 is 41.3. The SMILES string of the molecule is CC1CCCc2nc(-c3ccccc3C(F)(F)F)c(N)n21. The molecule has 2 aromatic rings. The van der Waals surface area contributed by atoms with E-state index in [9.17, 15) is 13.2 Å². The Kier molecular flexibility index (Phi) is 3.19. The van der Waals surface area contributed by atoms with Gasteiger partial charge in [0.05, 0.1) is 5.56 Å². The van der Waals surface area contributed by atoms with Crippen molar-refractivity contribution >= 4 is 5.82 Å². The van der Waals surface area contributed by atoms with Gasteiger partial charge in [0.2, 0.25) is 0 Å². The molecule has 0 fully saturated rings. The largest absolute Gasteiger partial charge is 0.417 e. The topological polar surface area (TPSA) is 43.8 Å². The van der Waals surface area contributed by atoms with Crippen LogP contribution >= 0.6 is 0 Å². The molecule has 1 aromatic heterocycles. The first-order valence-electron chi connectivity index (χ1n) is 6.92. The van der Waals surface area contributed by atoms with E-state index in [4.69, 9.17) is 5.73 Å². The van der Waals surface area contributed by atoms with E-state index in [1.54, 1.807) is 6.07 Å². The van der Waals surface area contributed by atoms with Crippen molar-refractivity contribution in [1.29, 1.82) is 0 Å². The number of alkyl halides is 3. The molecule has 0 spiro atoms. The number of nitrogens with two attached hydrogens (primary N) is 1. The number of aryl methyl sites for hydroxylation is 1. The van der Waals surface area contributed by atoms with E-state index in [1.807, 2.05) is 11.5 Å². The lowest BCUT2D eigenvalue weighted by Crippen LogP contribution is -2.17. The summed E-state index contributed by atoms with van der Waals surface area (Å²) in [6.45, 7) is 2.01. The first kappa shape index (κ1) is 14.0. The summed E-state index contributed by atoms with van der Waals surface area (Å²) in [5.74, 6) is 1.10. The highest BCUT2D eigenvalue weighted by Gasteiger charge is 2.35. The molecular formula is C15H16F3N3. The molecule has 1 aliphatic heterocycles. The van der Waals surface area contributed by atoms with Gasteiger partial charge in [0.1, 0.15) is 17.3 Å². The number of halogens is 3. The molecule has 2 heterocycles. The highest BCUT2D eigenvalue weighted by Crippen LogP contribution is 2.40. The van der Waals surface area contributed by atoms with Gasteiger partial charge < -0.3 is 10.3 Å². The molecular weight excluding hydrogens is 279 g/mol. The first-order valence-corrected chi connectivity index (χ1v) is 6.92. The molecule has 0 radical (unpaired) electrons. The number of rotatable bonds is 1. The van der Waals surface area contributed by atoms with Crippen molar-refractivity contribution < 1.29 is 13.2 Å². The first-order chi connectivity index (χ1) is 9.89. The molecule has 3 rings (SSSR count). The van der Waals surface area contributed by atoms with E-state index >= 15 is 0 Å². The lowest BCUT2D eigenvalue weighted by molar-refractivity contribution is -0.137. The fourth-order valence-corrected chi connectivity index (χ4v) is 2.98. The van der Waals surface area contributed by atoms with Crippen LogP contribution < -0.4 is 5.73 Å². The van der Waals surface area contributed by atoms with E-state index in [0.29, 0.717) is 5.82 Å². The average Bonchev–Trinajstić information content (AvgIpc) is 2.76. The van der Waals surface area contributed by atoms with Crippen molar-refractivity contribution in [2.75, 3.05) is 5.73 Å². The second-order valence-corrected chi connectivity index (χ2v) is 5.42. The van der Waals surface area contributed by atoms with Crippen LogP contribution in [0.3, 0.4) is 0 Å². The Labute approximate surface area is 120 Å². The Morgan fingerprint density at radius 2 is 2.00 bits per heavy atom. The Morgan fingerprint density at radius 3 is 2.67 bits per heavy atom. The number of imidazole rings is 1. The summed E-state index contributed by atoms with van der Waals surface area (Å²) in [5.41, 5.74) is 5.69. The maximum atomic E-state index is 13.2. The van der Waals surface area contributed by atoms with Gasteiger partial charge in [0.25, 0.3) is 0 Å². The zero-order chi connectivity index (χ0) is 15.2. The van der Waals surface area contributed by atoms with Crippen LogP contribution in [0.25, 0.3) is 11.3 Å². The lowest BCUT2D eigenvalue weighted by Gasteiger charge is -2.22. The van der Waals surface area contributed by atoms with Crippen molar-refractivity contribution in [3.63, 3.8) is 0 Å². The van der Waals surface area contributed by atoms with Gasteiger partial charge >= 0.3 is 6.18 Å². The van der Waals surface area contributed by atoms with Crippen molar-refractivity contribution in [3.05, 3.63) is 35.7 Å². The van der Waals surface area contributed by atoms with Crippen molar-refractivity contribution in [2.45, 2.75) is 38.4 Å². The second-order valence-electron chi connectivity index (χ2n) is 5.42. The van der Waals surface area contributed by atoms with Crippen LogP contribution in [-0.2, 0) is 12.6 Å². The fourth-order valence-electron chi connectivity index (χ4n) is 2.98. The van der Waals surface area contributed by atoms with Crippen LogP contribution in [0.2, 0.25) is 0 Å². The van der Waals surface area contributed by atoms with Gasteiger partial charge in [0.15, 0.2) is 0 Å². The minimum atomic E-state index is -4.42. The van der Waals surface area contributed by atoms with E-state index in [2.05, 4.69) is 4.98 Å². The number of fused-ring (bicyclic) bond motifs is 1. The number of hydrogen-bond donors (Lipinski definition) is 1. The lowest BCUT2D eigenvalue weighted by atomic mass is 10.0. The summed E-state index contributed by atoms with van der Waals surface area (Å²) in [5, 5.41) is 0. The molecule has 1 aliphatic rings. The zero-order valence-corrected chi connectivity index (χ0v) is 11.6. The predicted octanol–water partition coefficient (Wildman–Crippen LogP) is 4.05. The summed E-state index contributed by atoms with van der Waals surface area (Å²) in [4.78, 5) is 4.38. The summed E-state index contributed by atoms with van der Waals surface area (Å²) in [6, 6.07) is 5.62. The van der Waals surface area contributed by atoms with Gasteiger partial charge in [-0.1, -0.05) is 18.2 Å². The normalized spacial score (nSPS) is 18.6. The molecule has 0 bridgehead atoms. The molecule has 21 heavy (non-hydrogen) atoms. The van der Waals surface area contributed by atoms with Crippen molar-refractivity contribution in [2.24, 2.45) is 0 Å². The minimum absolute atomic E-state index is 0.0524. The molecule has 0 saturated carbocycles. The molecule has 0 saturated heterocycles. The Bertz CT molecular complexity index is 673. The fraction of sp³-hybridized carbons (Fsp3) is 0.400. The quantitative estimate of drug-likeness (QED) is 0.862. The van der Waals surface area contributed by atoms with E-state index in [-0.39, 0.29) is 17.3 Å². The maximum Gasteiger partial charge on any atom is 0.417 e. The number of hydrogen-bond acceptors (Lipinski definition) is 2. The van der Waals surface area contributed by atoms with E-state index in [1.165, 1.54) is 12.1 Å². The molecule has 0 amide bonds. The van der Waals surface area contributed by atoms with Crippen LogP contribution in [0, 0.1) is 0 Å². The third kappa shape index (κ3) is 2.28. The Hall–Kier alpha value is -1.98. The molecule has 1 atom stereocenters. The van der Waals surface area contributed by atoms with Gasteiger partial charge in [0, 0.05) is 18.0 Å². The van der Waals surface area contributed by atoms with Crippen molar-refractivity contribution in [3.8, 4) is 11.3 Å². The molecule has 1 unspecified atom stereocenters. The highest BCUT2D eigenvalue weighted by atomic mass is 19.4. The maximum absolute atomic E-state index is 13.2. The molecule has 0 aliphatic carbocycles. The van der Waals surface area contributed by atoms with Crippen LogP contribution in [0.1, 0.15) is 37.2 Å². The van der Waals surface area contributed by atoms with Gasteiger partial charge in [-0.05, 0) is 25.8 Å². The van der Waals surface area contributed by atoms with Crippen LogP contribution in [0.5, 0.6) is 0 Å². The standard InChI is InChI=1S/C15H16F3N3/c1-9-5-4-8-12-20-13(14(19)21(9)12)10-6-2-3-7-11(10)15(16,17)18/h2-3,6-7,9H,4-5,8,19H2,1H3. The molecule has 1 aromatic carbocycles. The predicted molar refractivity (Wildman–Crippen MR) is 74.7 cm³/mol. The van der Waals surface area contributed by atoms with Gasteiger partial charge in [-0.2, -0.15) is 13.2 Å². The molecule has 6 heteroatoms. The molecule has 3 nitrogen and oxygen atoms in total. The van der Waals surface area contributed by atoms with Crippen LogP contribution in [0.4, 0.5) is 19.0 Å². The van der Waals surface area contributed by atoms with E-state index < -0.39 is 11.7 Å². The summed E-state index contributed by atoms with van der Waals surface area (Å²) in [7, 11) is 0. The minimum Gasteiger partial charge on any atom is -0.383 e. The third-order valence-electron chi connectivity index (χ3n) is 3.97. The molecule has 2 N–H and O–H groups in total.